The zero-order chi connectivity index (χ0) is 14.4. The average Bonchev–Trinajstić information content (AvgIpc) is 2.76. The number of hydrogen-bond acceptors (Lipinski definition) is 4. The first-order valence-corrected chi connectivity index (χ1v) is 7.59. The Morgan fingerprint density at radius 3 is 2.53 bits per heavy atom. The predicted molar refractivity (Wildman–Crippen MR) is 78.1 cm³/mol. The number of carbonyl (C=O) groups is 1. The highest BCUT2D eigenvalue weighted by Gasteiger charge is 2.29. The van der Waals surface area contributed by atoms with Gasteiger partial charge in [0.15, 0.2) is 0 Å². The summed E-state index contributed by atoms with van der Waals surface area (Å²) in [4.78, 5) is 14.4. The summed E-state index contributed by atoms with van der Waals surface area (Å²) in [6.45, 7) is 14.0. The molecule has 0 aromatic rings. The van der Waals surface area contributed by atoms with Gasteiger partial charge in [-0.2, -0.15) is 0 Å². The van der Waals surface area contributed by atoms with Crippen LogP contribution in [0.2, 0.25) is 0 Å². The molecule has 1 saturated heterocycles. The third kappa shape index (κ3) is 5.49. The number of nitrogens with zero attached hydrogens (tertiary/aromatic N) is 1. The fourth-order valence-electron chi connectivity index (χ4n) is 2.67. The monoisotopic (exact) mass is 270 g/mol. The smallest absolute Gasteiger partial charge is 0.324 e. The van der Waals surface area contributed by atoms with Gasteiger partial charge in [0.25, 0.3) is 0 Å². The summed E-state index contributed by atoms with van der Waals surface area (Å²) in [5.41, 5.74) is 0. The van der Waals surface area contributed by atoms with Crippen LogP contribution in [-0.2, 0) is 9.53 Å². The molecule has 0 amide bonds. The summed E-state index contributed by atoms with van der Waals surface area (Å²) in [7, 11) is 0. The van der Waals surface area contributed by atoms with Gasteiger partial charge < -0.3 is 15.0 Å². The van der Waals surface area contributed by atoms with E-state index in [0.717, 1.165) is 31.5 Å². The van der Waals surface area contributed by atoms with Crippen LogP contribution in [0.1, 0.15) is 41.0 Å². The first kappa shape index (κ1) is 16.4. The van der Waals surface area contributed by atoms with E-state index in [-0.39, 0.29) is 18.1 Å². The summed E-state index contributed by atoms with van der Waals surface area (Å²) >= 11 is 0. The molecule has 0 spiro atoms. The SMILES string of the molecule is CCOC(=O)C(CN1CCC(C(C)C)C1)NC(C)C. The topological polar surface area (TPSA) is 41.6 Å². The van der Waals surface area contributed by atoms with E-state index in [9.17, 15) is 4.79 Å². The lowest BCUT2D eigenvalue weighted by atomic mass is 9.95. The van der Waals surface area contributed by atoms with Gasteiger partial charge >= 0.3 is 5.97 Å². The van der Waals surface area contributed by atoms with Gasteiger partial charge in [-0.1, -0.05) is 27.7 Å². The van der Waals surface area contributed by atoms with Crippen LogP contribution in [0.25, 0.3) is 0 Å². The van der Waals surface area contributed by atoms with E-state index in [4.69, 9.17) is 4.74 Å². The van der Waals surface area contributed by atoms with Crippen LogP contribution in [-0.4, -0.2) is 49.2 Å². The first-order valence-electron chi connectivity index (χ1n) is 7.59. The Balaban J connectivity index is 2.50. The molecule has 112 valence electrons. The van der Waals surface area contributed by atoms with Gasteiger partial charge in [-0.25, -0.2) is 0 Å². The van der Waals surface area contributed by atoms with Crippen LogP contribution < -0.4 is 5.32 Å². The molecular weight excluding hydrogens is 240 g/mol. The molecule has 1 aliphatic rings. The van der Waals surface area contributed by atoms with E-state index in [0.29, 0.717) is 6.61 Å². The minimum Gasteiger partial charge on any atom is -0.465 e. The summed E-state index contributed by atoms with van der Waals surface area (Å²) in [6, 6.07) is 0.0868. The van der Waals surface area contributed by atoms with Gasteiger partial charge in [0.2, 0.25) is 0 Å². The van der Waals surface area contributed by atoms with Crippen molar-refractivity contribution in [3.63, 3.8) is 0 Å². The van der Waals surface area contributed by atoms with Gasteiger partial charge in [0.05, 0.1) is 6.61 Å². The first-order chi connectivity index (χ1) is 8.93. The molecule has 1 N–H and O–H groups in total. The molecule has 0 aromatic carbocycles. The third-order valence-electron chi connectivity index (χ3n) is 3.80. The van der Waals surface area contributed by atoms with E-state index >= 15 is 0 Å². The van der Waals surface area contributed by atoms with Crippen molar-refractivity contribution in [3.05, 3.63) is 0 Å². The maximum absolute atomic E-state index is 12.0. The van der Waals surface area contributed by atoms with Crippen LogP contribution in [0.5, 0.6) is 0 Å². The number of esters is 1. The summed E-state index contributed by atoms with van der Waals surface area (Å²) in [5, 5.41) is 3.32. The fraction of sp³-hybridized carbons (Fsp3) is 0.933. The Labute approximate surface area is 117 Å². The standard InChI is InChI=1S/C15H30N2O2/c1-6-19-15(18)14(16-12(4)5)10-17-8-7-13(9-17)11(2)3/h11-14,16H,6-10H2,1-5H3. The molecule has 1 rings (SSSR count). The molecule has 1 fully saturated rings. The Kier molecular flexibility index (Phi) is 6.80. The van der Waals surface area contributed by atoms with Crippen molar-refractivity contribution >= 4 is 5.97 Å². The number of carbonyl (C=O) groups excluding carboxylic acids is 1. The van der Waals surface area contributed by atoms with Gasteiger partial charge in [-0.05, 0) is 31.7 Å². The van der Waals surface area contributed by atoms with Gasteiger partial charge in [-0.15, -0.1) is 0 Å². The molecule has 0 radical (unpaired) electrons. The van der Waals surface area contributed by atoms with Crippen molar-refractivity contribution in [3.8, 4) is 0 Å². The lowest BCUT2D eigenvalue weighted by Crippen LogP contribution is -2.49. The number of nitrogens with one attached hydrogen (secondary N) is 1. The molecule has 2 unspecified atom stereocenters. The molecule has 2 atom stereocenters. The molecule has 4 nitrogen and oxygen atoms in total. The largest absolute Gasteiger partial charge is 0.465 e. The molecule has 0 saturated carbocycles. The molecular formula is C15H30N2O2. The number of rotatable bonds is 7. The summed E-state index contributed by atoms with van der Waals surface area (Å²) in [6.07, 6.45) is 1.24. The van der Waals surface area contributed by atoms with Crippen LogP contribution in [0, 0.1) is 11.8 Å². The second kappa shape index (κ2) is 7.85. The summed E-state index contributed by atoms with van der Waals surface area (Å²) < 4.78 is 5.16. The highest BCUT2D eigenvalue weighted by Crippen LogP contribution is 2.23. The van der Waals surface area contributed by atoms with E-state index in [1.165, 1.54) is 6.42 Å². The number of likely N-dealkylation sites (tertiary alicyclic amines) is 1. The van der Waals surface area contributed by atoms with Crippen molar-refractivity contribution in [2.45, 2.75) is 53.1 Å². The zero-order valence-electron chi connectivity index (χ0n) is 13.1. The minimum atomic E-state index is -0.203. The predicted octanol–water partition coefficient (Wildman–Crippen LogP) is 1.89. The molecule has 0 aromatic heterocycles. The highest BCUT2D eigenvalue weighted by molar-refractivity contribution is 5.76. The van der Waals surface area contributed by atoms with E-state index in [2.05, 4.69) is 37.9 Å². The van der Waals surface area contributed by atoms with Crippen molar-refractivity contribution in [2.75, 3.05) is 26.2 Å². The lowest BCUT2D eigenvalue weighted by molar-refractivity contribution is -0.146. The second-order valence-electron chi connectivity index (χ2n) is 6.18. The number of ether oxygens (including phenoxy) is 1. The maximum atomic E-state index is 12.0. The van der Waals surface area contributed by atoms with Crippen molar-refractivity contribution in [1.82, 2.24) is 10.2 Å². The fourth-order valence-corrected chi connectivity index (χ4v) is 2.67. The third-order valence-corrected chi connectivity index (χ3v) is 3.80. The minimum absolute atomic E-state index is 0.121. The Hall–Kier alpha value is -0.610. The van der Waals surface area contributed by atoms with Crippen molar-refractivity contribution < 1.29 is 9.53 Å². The molecule has 4 heteroatoms. The van der Waals surface area contributed by atoms with Crippen LogP contribution in [0.15, 0.2) is 0 Å². The lowest BCUT2D eigenvalue weighted by Gasteiger charge is -2.25. The normalized spacial score (nSPS) is 22.2. The molecule has 0 aliphatic carbocycles. The van der Waals surface area contributed by atoms with Gasteiger partial charge in [-0.3, -0.25) is 4.79 Å². The van der Waals surface area contributed by atoms with Gasteiger partial charge in [0, 0.05) is 19.1 Å². The molecule has 0 bridgehead atoms. The van der Waals surface area contributed by atoms with Crippen LogP contribution >= 0.6 is 0 Å². The van der Waals surface area contributed by atoms with E-state index in [1.807, 2.05) is 6.92 Å². The Bertz CT molecular complexity index is 279. The maximum Gasteiger partial charge on any atom is 0.324 e. The van der Waals surface area contributed by atoms with Crippen molar-refractivity contribution in [1.29, 1.82) is 0 Å². The van der Waals surface area contributed by atoms with E-state index < -0.39 is 0 Å². The molecule has 19 heavy (non-hydrogen) atoms. The zero-order valence-corrected chi connectivity index (χ0v) is 13.1. The van der Waals surface area contributed by atoms with Crippen LogP contribution in [0.3, 0.4) is 0 Å². The number of hydrogen-bond donors (Lipinski definition) is 1. The quantitative estimate of drug-likeness (QED) is 0.717. The molecule has 1 heterocycles. The highest BCUT2D eigenvalue weighted by atomic mass is 16.5. The van der Waals surface area contributed by atoms with Crippen LogP contribution in [0.4, 0.5) is 0 Å². The van der Waals surface area contributed by atoms with E-state index in [1.54, 1.807) is 0 Å². The second-order valence-corrected chi connectivity index (χ2v) is 6.18. The van der Waals surface area contributed by atoms with Gasteiger partial charge in [0.1, 0.15) is 6.04 Å². The summed E-state index contributed by atoms with van der Waals surface area (Å²) in [5.74, 6) is 1.37. The Morgan fingerprint density at radius 1 is 1.37 bits per heavy atom. The Morgan fingerprint density at radius 2 is 2.05 bits per heavy atom. The average molecular weight is 270 g/mol. The van der Waals surface area contributed by atoms with Crippen molar-refractivity contribution in [2.24, 2.45) is 11.8 Å². The molecule has 1 aliphatic heterocycles.